The molecule has 3 atom stereocenters. The summed E-state index contributed by atoms with van der Waals surface area (Å²) in [4.78, 5) is 23.9. The molecular weight excluding hydrogens is 202 g/mol. The predicted molar refractivity (Wildman–Crippen MR) is 48.4 cm³/mol. The SMILES string of the molecule is O=C(O)C1CN2CCOCC2C1C(=O)O. The highest BCUT2D eigenvalue weighted by atomic mass is 16.5. The number of hydrogen-bond donors (Lipinski definition) is 2. The summed E-state index contributed by atoms with van der Waals surface area (Å²) in [5.41, 5.74) is 0. The van der Waals surface area contributed by atoms with Gasteiger partial charge in [0.15, 0.2) is 0 Å². The molecule has 2 saturated heterocycles. The van der Waals surface area contributed by atoms with Crippen molar-refractivity contribution in [1.82, 2.24) is 4.90 Å². The van der Waals surface area contributed by atoms with E-state index in [4.69, 9.17) is 14.9 Å². The van der Waals surface area contributed by atoms with E-state index < -0.39 is 23.8 Å². The molecule has 84 valence electrons. The number of fused-ring (bicyclic) bond motifs is 1. The number of ether oxygens (including phenoxy) is 1. The summed E-state index contributed by atoms with van der Waals surface area (Å²) in [5.74, 6) is -3.73. The van der Waals surface area contributed by atoms with Crippen molar-refractivity contribution < 1.29 is 24.5 Å². The first-order chi connectivity index (χ1) is 7.11. The monoisotopic (exact) mass is 215 g/mol. The fourth-order valence-electron chi connectivity index (χ4n) is 2.42. The van der Waals surface area contributed by atoms with E-state index in [-0.39, 0.29) is 6.04 Å². The minimum absolute atomic E-state index is 0.280. The zero-order chi connectivity index (χ0) is 11.0. The Kier molecular flexibility index (Phi) is 2.62. The van der Waals surface area contributed by atoms with Gasteiger partial charge in [-0.15, -0.1) is 0 Å². The lowest BCUT2D eigenvalue weighted by Gasteiger charge is -2.30. The molecule has 0 spiro atoms. The highest BCUT2D eigenvalue weighted by Crippen LogP contribution is 2.32. The second-order valence-corrected chi connectivity index (χ2v) is 3.95. The third-order valence-electron chi connectivity index (χ3n) is 3.16. The Hall–Kier alpha value is -1.14. The van der Waals surface area contributed by atoms with E-state index in [9.17, 15) is 9.59 Å². The molecule has 6 nitrogen and oxygen atoms in total. The molecule has 0 bridgehead atoms. The first kappa shape index (κ1) is 10.4. The first-order valence-electron chi connectivity index (χ1n) is 4.88. The van der Waals surface area contributed by atoms with Gasteiger partial charge in [-0.1, -0.05) is 0 Å². The van der Waals surface area contributed by atoms with E-state index >= 15 is 0 Å². The van der Waals surface area contributed by atoms with Crippen LogP contribution in [-0.2, 0) is 14.3 Å². The fourth-order valence-corrected chi connectivity index (χ4v) is 2.42. The van der Waals surface area contributed by atoms with Crippen LogP contribution in [0.1, 0.15) is 0 Å². The molecule has 2 heterocycles. The molecule has 15 heavy (non-hydrogen) atoms. The van der Waals surface area contributed by atoms with E-state index in [1.54, 1.807) is 0 Å². The zero-order valence-corrected chi connectivity index (χ0v) is 8.13. The third kappa shape index (κ3) is 1.70. The summed E-state index contributed by atoms with van der Waals surface area (Å²) in [5, 5.41) is 18.0. The topological polar surface area (TPSA) is 87.1 Å². The molecule has 0 aromatic heterocycles. The fraction of sp³-hybridized carbons (Fsp3) is 0.778. The number of aliphatic carboxylic acids is 2. The standard InChI is InChI=1S/C9H13NO5/c11-8(12)5-3-10-1-2-15-4-6(10)7(5)9(13)14/h5-7H,1-4H2,(H,11,12)(H,13,14). The molecule has 0 saturated carbocycles. The number of carboxylic acids is 2. The number of nitrogens with zero attached hydrogens (tertiary/aromatic N) is 1. The summed E-state index contributed by atoms with van der Waals surface area (Å²) < 4.78 is 5.19. The Morgan fingerprint density at radius 1 is 1.27 bits per heavy atom. The van der Waals surface area contributed by atoms with Crippen molar-refractivity contribution in [3.8, 4) is 0 Å². The summed E-state index contributed by atoms with van der Waals surface area (Å²) in [7, 11) is 0. The van der Waals surface area contributed by atoms with Crippen molar-refractivity contribution in [3.05, 3.63) is 0 Å². The van der Waals surface area contributed by atoms with Crippen LogP contribution in [0.3, 0.4) is 0 Å². The molecule has 0 radical (unpaired) electrons. The summed E-state index contributed by atoms with van der Waals surface area (Å²) in [6, 6.07) is -0.280. The van der Waals surface area contributed by atoms with E-state index in [0.717, 1.165) is 0 Å². The van der Waals surface area contributed by atoms with Gasteiger partial charge in [-0.05, 0) is 0 Å². The van der Waals surface area contributed by atoms with Crippen molar-refractivity contribution in [2.45, 2.75) is 6.04 Å². The van der Waals surface area contributed by atoms with E-state index in [1.165, 1.54) is 0 Å². The maximum atomic E-state index is 11.0. The van der Waals surface area contributed by atoms with Gasteiger partial charge in [0.1, 0.15) is 0 Å². The van der Waals surface area contributed by atoms with Gasteiger partial charge in [-0.3, -0.25) is 14.5 Å². The van der Waals surface area contributed by atoms with Crippen LogP contribution in [0, 0.1) is 11.8 Å². The number of morpholine rings is 1. The van der Waals surface area contributed by atoms with Crippen LogP contribution in [-0.4, -0.2) is 59.4 Å². The molecule has 6 heteroatoms. The maximum Gasteiger partial charge on any atom is 0.309 e. The lowest BCUT2D eigenvalue weighted by molar-refractivity contribution is -0.153. The quantitative estimate of drug-likeness (QED) is 0.621. The largest absolute Gasteiger partial charge is 0.481 e. The van der Waals surface area contributed by atoms with Gasteiger partial charge in [-0.25, -0.2) is 0 Å². The van der Waals surface area contributed by atoms with Crippen LogP contribution in [0.4, 0.5) is 0 Å². The predicted octanol–water partition coefficient (Wildman–Crippen LogP) is -0.898. The Labute approximate surface area is 86.4 Å². The van der Waals surface area contributed by atoms with Gasteiger partial charge in [0.25, 0.3) is 0 Å². The number of carboxylic acid groups (broad SMARTS) is 2. The molecule has 2 fully saturated rings. The molecule has 0 amide bonds. The normalized spacial score (nSPS) is 36.1. The van der Waals surface area contributed by atoms with Gasteiger partial charge in [0.05, 0.1) is 25.0 Å². The Bertz CT molecular complexity index is 292. The van der Waals surface area contributed by atoms with Crippen molar-refractivity contribution in [2.75, 3.05) is 26.3 Å². The summed E-state index contributed by atoms with van der Waals surface area (Å²) in [6.07, 6.45) is 0. The lowest BCUT2D eigenvalue weighted by atomic mass is 9.91. The Balaban J connectivity index is 2.21. The van der Waals surface area contributed by atoms with Gasteiger partial charge in [-0.2, -0.15) is 0 Å². The molecule has 3 unspecified atom stereocenters. The van der Waals surface area contributed by atoms with Crippen LogP contribution in [0.25, 0.3) is 0 Å². The Morgan fingerprint density at radius 3 is 2.60 bits per heavy atom. The molecule has 2 aliphatic heterocycles. The van der Waals surface area contributed by atoms with Crippen molar-refractivity contribution >= 4 is 11.9 Å². The molecule has 2 N–H and O–H groups in total. The van der Waals surface area contributed by atoms with Gasteiger partial charge in [0.2, 0.25) is 0 Å². The molecule has 2 aliphatic rings. The third-order valence-corrected chi connectivity index (χ3v) is 3.16. The maximum absolute atomic E-state index is 11.0. The van der Waals surface area contributed by atoms with E-state index in [0.29, 0.717) is 26.3 Å². The highest BCUT2D eigenvalue weighted by Gasteiger charge is 2.50. The second-order valence-electron chi connectivity index (χ2n) is 3.95. The molecular formula is C9H13NO5. The van der Waals surface area contributed by atoms with Crippen molar-refractivity contribution in [2.24, 2.45) is 11.8 Å². The van der Waals surface area contributed by atoms with E-state index in [1.807, 2.05) is 4.90 Å². The lowest BCUT2D eigenvalue weighted by Crippen LogP contribution is -2.45. The first-order valence-corrected chi connectivity index (χ1v) is 4.88. The van der Waals surface area contributed by atoms with Crippen molar-refractivity contribution in [3.63, 3.8) is 0 Å². The molecule has 0 aliphatic carbocycles. The van der Waals surface area contributed by atoms with Crippen LogP contribution in [0.15, 0.2) is 0 Å². The molecule has 0 aromatic carbocycles. The minimum Gasteiger partial charge on any atom is -0.481 e. The summed E-state index contributed by atoms with van der Waals surface area (Å²) >= 11 is 0. The van der Waals surface area contributed by atoms with Gasteiger partial charge in [0, 0.05) is 19.1 Å². The van der Waals surface area contributed by atoms with Crippen LogP contribution in [0.2, 0.25) is 0 Å². The number of hydrogen-bond acceptors (Lipinski definition) is 4. The Morgan fingerprint density at radius 2 is 2.00 bits per heavy atom. The average molecular weight is 215 g/mol. The van der Waals surface area contributed by atoms with Crippen LogP contribution >= 0.6 is 0 Å². The molecule has 2 rings (SSSR count). The zero-order valence-electron chi connectivity index (χ0n) is 8.13. The van der Waals surface area contributed by atoms with Crippen LogP contribution in [0.5, 0.6) is 0 Å². The van der Waals surface area contributed by atoms with Crippen LogP contribution < -0.4 is 0 Å². The smallest absolute Gasteiger partial charge is 0.309 e. The second kappa shape index (κ2) is 3.79. The van der Waals surface area contributed by atoms with Gasteiger partial charge < -0.3 is 14.9 Å². The van der Waals surface area contributed by atoms with E-state index in [2.05, 4.69) is 0 Å². The average Bonchev–Trinajstić information content (AvgIpc) is 2.56. The van der Waals surface area contributed by atoms with Crippen molar-refractivity contribution in [1.29, 1.82) is 0 Å². The number of rotatable bonds is 2. The minimum atomic E-state index is -1.04. The number of carbonyl (C=O) groups is 2. The molecule has 0 aromatic rings. The van der Waals surface area contributed by atoms with Gasteiger partial charge >= 0.3 is 11.9 Å². The summed E-state index contributed by atoms with van der Waals surface area (Å²) in [6.45, 7) is 1.81. The highest BCUT2D eigenvalue weighted by molar-refractivity contribution is 5.81.